The summed E-state index contributed by atoms with van der Waals surface area (Å²) in [7, 11) is 0. The summed E-state index contributed by atoms with van der Waals surface area (Å²) in [5.74, 6) is 0.716. The van der Waals surface area contributed by atoms with E-state index in [0.29, 0.717) is 37.9 Å². The molecule has 0 aromatic heterocycles. The molecule has 2 atom stereocenters. The smallest absolute Gasteiger partial charge is 0.410 e. The fourth-order valence-electron chi connectivity index (χ4n) is 4.37. The zero-order valence-corrected chi connectivity index (χ0v) is 19.4. The lowest BCUT2D eigenvalue weighted by atomic mass is 9.89. The minimum atomic E-state index is -1.03. The van der Waals surface area contributed by atoms with E-state index in [1.165, 1.54) is 32.1 Å². The molecule has 1 saturated carbocycles. The van der Waals surface area contributed by atoms with Gasteiger partial charge in [0.15, 0.2) is 0 Å². The van der Waals surface area contributed by atoms with Crippen molar-refractivity contribution in [3.8, 4) is 0 Å². The topological polar surface area (TPSA) is 90.9 Å². The lowest BCUT2D eigenvalue weighted by Crippen LogP contribution is -2.51. The highest BCUT2D eigenvalue weighted by Gasteiger charge is 2.29. The number of amides is 2. The van der Waals surface area contributed by atoms with Crippen molar-refractivity contribution in [3.63, 3.8) is 0 Å². The van der Waals surface area contributed by atoms with Crippen LogP contribution in [0.1, 0.15) is 79.1 Å². The lowest BCUT2D eigenvalue weighted by Gasteiger charge is -2.34. The zero-order valence-electron chi connectivity index (χ0n) is 19.4. The molecule has 0 bridgehead atoms. The van der Waals surface area contributed by atoms with Gasteiger partial charge in [-0.25, -0.2) is 4.79 Å². The Kier molecular flexibility index (Phi) is 9.88. The Bertz CT molecular complexity index is 535. The highest BCUT2D eigenvalue weighted by molar-refractivity contribution is 5.81. The normalized spacial score (nSPS) is 21.2. The van der Waals surface area contributed by atoms with Crippen LogP contribution in [0.25, 0.3) is 0 Å². The molecule has 0 radical (unpaired) electrons. The average Bonchev–Trinajstić information content (AvgIpc) is 2.72. The molecule has 0 aromatic rings. The first kappa shape index (κ1) is 24.9. The van der Waals surface area contributed by atoms with Gasteiger partial charge in [0.25, 0.3) is 0 Å². The maximum atomic E-state index is 12.4. The monoisotopic (exact) mass is 425 g/mol. The van der Waals surface area contributed by atoms with Gasteiger partial charge in [0.1, 0.15) is 11.7 Å². The summed E-state index contributed by atoms with van der Waals surface area (Å²) in [4.78, 5) is 26.4. The molecule has 1 heterocycles. The van der Waals surface area contributed by atoms with Gasteiger partial charge >= 0.3 is 6.09 Å². The quantitative estimate of drug-likeness (QED) is 0.556. The molecule has 2 amide bonds. The van der Waals surface area contributed by atoms with E-state index in [4.69, 9.17) is 4.74 Å². The molecule has 3 N–H and O–H groups in total. The van der Waals surface area contributed by atoms with E-state index in [1.54, 1.807) is 4.90 Å². The van der Waals surface area contributed by atoms with E-state index >= 15 is 0 Å². The number of likely N-dealkylation sites (tertiary alicyclic amines) is 1. The Hall–Kier alpha value is -1.34. The highest BCUT2D eigenvalue weighted by atomic mass is 16.6. The van der Waals surface area contributed by atoms with Gasteiger partial charge in [-0.05, 0) is 71.3 Å². The Morgan fingerprint density at radius 3 is 2.20 bits per heavy atom. The molecule has 2 aliphatic rings. The van der Waals surface area contributed by atoms with Gasteiger partial charge in [-0.3, -0.25) is 4.79 Å². The fraction of sp³-hybridized carbons (Fsp3) is 0.913. The zero-order chi connectivity index (χ0) is 22.1. The van der Waals surface area contributed by atoms with Gasteiger partial charge < -0.3 is 25.4 Å². The van der Waals surface area contributed by atoms with Crippen LogP contribution in [0.2, 0.25) is 0 Å². The summed E-state index contributed by atoms with van der Waals surface area (Å²) in [5.41, 5.74) is -0.475. The van der Waals surface area contributed by atoms with Crippen molar-refractivity contribution in [2.24, 2.45) is 11.8 Å². The van der Waals surface area contributed by atoms with Gasteiger partial charge in [-0.15, -0.1) is 0 Å². The number of rotatable bonds is 8. The molecule has 2 rings (SSSR count). The molecule has 30 heavy (non-hydrogen) atoms. The second-order valence-corrected chi connectivity index (χ2v) is 10.0. The predicted molar refractivity (Wildman–Crippen MR) is 118 cm³/mol. The van der Waals surface area contributed by atoms with Crippen LogP contribution in [0.4, 0.5) is 4.79 Å². The molecular weight excluding hydrogens is 382 g/mol. The van der Waals surface area contributed by atoms with Crippen LogP contribution >= 0.6 is 0 Å². The first-order valence-corrected chi connectivity index (χ1v) is 11.9. The minimum Gasteiger partial charge on any atom is -0.444 e. The standard InChI is InChI=1S/C23H43N3O4/c1-5-19(20(27)21(28)25-16-17-9-7-6-8-10-17)24-15-18-11-13-26(14-12-18)22(29)30-23(2,3)4/h17-20,24,27H,5-16H2,1-4H3,(H,25,28). The van der Waals surface area contributed by atoms with Gasteiger partial charge in [-0.2, -0.15) is 0 Å². The van der Waals surface area contributed by atoms with Gasteiger partial charge in [-0.1, -0.05) is 26.2 Å². The molecule has 7 nitrogen and oxygen atoms in total. The first-order valence-electron chi connectivity index (χ1n) is 11.9. The Labute approximate surface area is 182 Å². The minimum absolute atomic E-state index is 0.245. The van der Waals surface area contributed by atoms with Crippen molar-refractivity contribution >= 4 is 12.0 Å². The number of hydrogen-bond acceptors (Lipinski definition) is 5. The van der Waals surface area contributed by atoms with Crippen molar-refractivity contribution in [3.05, 3.63) is 0 Å². The third kappa shape index (κ3) is 8.42. The highest BCUT2D eigenvalue weighted by Crippen LogP contribution is 2.23. The van der Waals surface area contributed by atoms with E-state index < -0.39 is 11.7 Å². The van der Waals surface area contributed by atoms with Crippen molar-refractivity contribution in [2.45, 2.75) is 96.8 Å². The number of aliphatic hydroxyl groups is 1. The number of carbonyl (C=O) groups excluding carboxylic acids is 2. The average molecular weight is 426 g/mol. The number of hydrogen-bond donors (Lipinski definition) is 3. The van der Waals surface area contributed by atoms with E-state index in [-0.39, 0.29) is 18.0 Å². The second-order valence-electron chi connectivity index (χ2n) is 10.0. The summed E-state index contributed by atoms with van der Waals surface area (Å²) in [5, 5.41) is 16.9. The van der Waals surface area contributed by atoms with Crippen LogP contribution in [0.15, 0.2) is 0 Å². The van der Waals surface area contributed by atoms with Gasteiger partial charge in [0.05, 0.1) is 0 Å². The first-order chi connectivity index (χ1) is 14.2. The number of piperidine rings is 1. The molecule has 1 aliphatic carbocycles. The number of ether oxygens (including phenoxy) is 1. The van der Waals surface area contributed by atoms with Gasteiger partial charge in [0.2, 0.25) is 5.91 Å². The number of carbonyl (C=O) groups is 2. The third-order valence-corrected chi connectivity index (χ3v) is 6.31. The van der Waals surface area contributed by atoms with E-state index in [9.17, 15) is 14.7 Å². The molecule has 0 spiro atoms. The second kappa shape index (κ2) is 11.9. The molecule has 174 valence electrons. The van der Waals surface area contributed by atoms with Crippen molar-refractivity contribution in [1.29, 1.82) is 0 Å². The Balaban J connectivity index is 1.69. The van der Waals surface area contributed by atoms with E-state index in [0.717, 1.165) is 19.4 Å². The molecule has 7 heteroatoms. The summed E-state index contributed by atoms with van der Waals surface area (Å²) in [6.07, 6.45) is 7.34. The molecule has 2 fully saturated rings. The van der Waals surface area contributed by atoms with Crippen LogP contribution < -0.4 is 10.6 Å². The van der Waals surface area contributed by atoms with Crippen LogP contribution in [-0.2, 0) is 9.53 Å². The van der Waals surface area contributed by atoms with E-state index in [2.05, 4.69) is 10.6 Å². The maximum absolute atomic E-state index is 12.4. The summed E-state index contributed by atoms with van der Waals surface area (Å²) < 4.78 is 5.45. The van der Waals surface area contributed by atoms with Crippen molar-refractivity contribution in [1.82, 2.24) is 15.5 Å². The predicted octanol–water partition coefficient (Wildman–Crippen LogP) is 3.06. The fourth-order valence-corrected chi connectivity index (χ4v) is 4.37. The van der Waals surface area contributed by atoms with Crippen LogP contribution in [-0.4, -0.2) is 65.9 Å². The number of nitrogens with zero attached hydrogens (tertiary/aromatic N) is 1. The van der Waals surface area contributed by atoms with Gasteiger partial charge in [0, 0.05) is 25.7 Å². The van der Waals surface area contributed by atoms with Crippen LogP contribution in [0.3, 0.4) is 0 Å². The molecule has 1 aliphatic heterocycles. The number of nitrogens with one attached hydrogen (secondary N) is 2. The van der Waals surface area contributed by atoms with Crippen LogP contribution in [0, 0.1) is 11.8 Å². The Morgan fingerprint density at radius 1 is 1.03 bits per heavy atom. The van der Waals surface area contributed by atoms with Crippen molar-refractivity contribution < 1.29 is 19.4 Å². The SMILES string of the molecule is CCC(NCC1CCN(C(=O)OC(C)(C)C)CC1)C(O)C(=O)NCC1CCCCC1. The van der Waals surface area contributed by atoms with Crippen molar-refractivity contribution in [2.75, 3.05) is 26.2 Å². The third-order valence-electron chi connectivity index (χ3n) is 6.31. The molecule has 0 aromatic carbocycles. The molecule has 2 unspecified atom stereocenters. The molecule has 1 saturated heterocycles. The Morgan fingerprint density at radius 2 is 1.63 bits per heavy atom. The van der Waals surface area contributed by atoms with Crippen LogP contribution in [0.5, 0.6) is 0 Å². The van der Waals surface area contributed by atoms with E-state index in [1.807, 2.05) is 27.7 Å². The summed E-state index contributed by atoms with van der Waals surface area (Å²) in [6.45, 7) is 10.4. The summed E-state index contributed by atoms with van der Waals surface area (Å²) >= 11 is 0. The summed E-state index contributed by atoms with van der Waals surface area (Å²) in [6, 6.07) is -0.250. The maximum Gasteiger partial charge on any atom is 0.410 e. The lowest BCUT2D eigenvalue weighted by molar-refractivity contribution is -0.131. The largest absolute Gasteiger partial charge is 0.444 e. The molecular formula is C23H43N3O4. The number of aliphatic hydroxyl groups excluding tert-OH is 1.